The molecule has 0 radical (unpaired) electrons. The first-order valence-electron chi connectivity index (χ1n) is 12.0. The van der Waals surface area contributed by atoms with Crippen molar-refractivity contribution in [1.82, 2.24) is 20.0 Å². The summed E-state index contributed by atoms with van der Waals surface area (Å²) < 4.78 is 47.3. The Kier molecular flexibility index (Phi) is 5.97. The summed E-state index contributed by atoms with van der Waals surface area (Å²) in [6.07, 6.45) is -3.12. The van der Waals surface area contributed by atoms with Crippen LogP contribution in [0.1, 0.15) is 49.0 Å². The van der Waals surface area contributed by atoms with E-state index in [2.05, 4.69) is 10.4 Å². The van der Waals surface area contributed by atoms with Crippen molar-refractivity contribution in [3.8, 4) is 0 Å². The van der Waals surface area contributed by atoms with Gasteiger partial charge < -0.3 is 20.7 Å². The predicted octanol–water partition coefficient (Wildman–Crippen LogP) is 2.13. The van der Waals surface area contributed by atoms with Crippen LogP contribution in [-0.4, -0.2) is 69.4 Å². The molecule has 1 aliphatic heterocycles. The van der Waals surface area contributed by atoms with Crippen LogP contribution in [0, 0.1) is 5.92 Å². The molecule has 3 fully saturated rings. The quantitative estimate of drug-likeness (QED) is 0.621. The molecule has 1 saturated heterocycles. The van der Waals surface area contributed by atoms with Gasteiger partial charge in [0.15, 0.2) is 11.3 Å². The Morgan fingerprint density at radius 3 is 2.69 bits per heavy atom. The van der Waals surface area contributed by atoms with E-state index in [0.717, 1.165) is 13.5 Å². The van der Waals surface area contributed by atoms with E-state index in [9.17, 15) is 27.6 Å². The molecule has 2 aromatic rings. The van der Waals surface area contributed by atoms with E-state index in [1.54, 1.807) is 24.3 Å². The molecular formula is C24H28F3N5O4. The maximum Gasteiger partial charge on any atom is 0.417 e. The van der Waals surface area contributed by atoms with E-state index in [0.29, 0.717) is 23.7 Å². The zero-order valence-electron chi connectivity index (χ0n) is 19.8. The normalized spacial score (nSPS) is 29.7. The number of amides is 3. The van der Waals surface area contributed by atoms with Gasteiger partial charge in [-0.25, -0.2) is 0 Å². The summed E-state index contributed by atoms with van der Waals surface area (Å²) in [7, 11) is 1.05. The van der Waals surface area contributed by atoms with Crippen molar-refractivity contribution in [3.63, 3.8) is 0 Å². The van der Waals surface area contributed by atoms with Crippen molar-refractivity contribution in [3.05, 3.63) is 30.0 Å². The van der Waals surface area contributed by atoms with Crippen LogP contribution < -0.4 is 11.1 Å². The largest absolute Gasteiger partial charge is 0.417 e. The number of ether oxygens (including phenoxy) is 1. The Morgan fingerprint density at radius 2 is 2.00 bits per heavy atom. The fourth-order valence-corrected chi connectivity index (χ4v) is 5.90. The van der Waals surface area contributed by atoms with Gasteiger partial charge in [-0.2, -0.15) is 18.3 Å². The highest BCUT2D eigenvalue weighted by atomic mass is 19.4. The zero-order chi connectivity index (χ0) is 25.8. The number of carbonyl (C=O) groups excluding carboxylic acids is 3. The van der Waals surface area contributed by atoms with Gasteiger partial charge in [0.1, 0.15) is 12.6 Å². The fourth-order valence-electron chi connectivity index (χ4n) is 5.90. The van der Waals surface area contributed by atoms with Crippen LogP contribution >= 0.6 is 0 Å². The van der Waals surface area contributed by atoms with Crippen molar-refractivity contribution < 1.29 is 32.3 Å². The number of methoxy groups -OCH3 is 1. The second kappa shape index (κ2) is 8.75. The number of fused-ring (bicyclic) bond motifs is 2. The maximum atomic E-state index is 13.7. The summed E-state index contributed by atoms with van der Waals surface area (Å²) in [6, 6.07) is 5.37. The Bertz CT molecular complexity index is 1210. The molecular weight excluding hydrogens is 479 g/mol. The number of benzene rings is 1. The number of primary amides is 1. The van der Waals surface area contributed by atoms with Crippen LogP contribution in [0.4, 0.5) is 13.2 Å². The number of nitrogens with two attached hydrogens (primary N) is 1. The lowest BCUT2D eigenvalue weighted by atomic mass is 9.81. The minimum absolute atomic E-state index is 0.0574. The molecule has 2 aliphatic carbocycles. The smallest absolute Gasteiger partial charge is 0.369 e. The predicted molar refractivity (Wildman–Crippen MR) is 122 cm³/mol. The molecule has 2 heterocycles. The number of piperidine rings is 1. The first kappa shape index (κ1) is 24.5. The minimum atomic E-state index is -4.54. The highest BCUT2D eigenvalue weighted by Crippen LogP contribution is 2.48. The summed E-state index contributed by atoms with van der Waals surface area (Å²) >= 11 is 0. The second-order valence-electron chi connectivity index (χ2n) is 10.0. The fraction of sp³-hybridized carbons (Fsp3) is 0.583. The summed E-state index contributed by atoms with van der Waals surface area (Å²) in [4.78, 5) is 39.9. The van der Waals surface area contributed by atoms with Crippen molar-refractivity contribution in [2.75, 3.05) is 7.11 Å². The van der Waals surface area contributed by atoms with E-state index in [-0.39, 0.29) is 49.4 Å². The third-order valence-electron chi connectivity index (χ3n) is 7.83. The number of hydrogen-bond acceptors (Lipinski definition) is 5. The number of carbonyl (C=O) groups is 3. The van der Waals surface area contributed by atoms with Gasteiger partial charge in [-0.15, -0.1) is 0 Å². The molecule has 36 heavy (non-hydrogen) atoms. The average Bonchev–Trinajstić information content (AvgIpc) is 3.33. The number of nitrogens with one attached hydrogen (secondary N) is 1. The van der Waals surface area contributed by atoms with Crippen LogP contribution in [0.25, 0.3) is 10.9 Å². The first-order chi connectivity index (χ1) is 17.0. The van der Waals surface area contributed by atoms with Gasteiger partial charge in [0.25, 0.3) is 5.91 Å². The molecule has 12 heteroatoms. The minimum Gasteiger partial charge on any atom is -0.369 e. The molecule has 0 bridgehead atoms. The lowest BCUT2D eigenvalue weighted by Crippen LogP contribution is -2.57. The van der Waals surface area contributed by atoms with Crippen LogP contribution in [0.2, 0.25) is 0 Å². The van der Waals surface area contributed by atoms with Gasteiger partial charge in [0.05, 0.1) is 5.52 Å². The third kappa shape index (κ3) is 4.10. The van der Waals surface area contributed by atoms with E-state index in [1.807, 2.05) is 0 Å². The standard InChI is InChI=1S/C24H28F3N5O4/c1-36-23(24(25,26)27)8-4-5-14(11-23)29-22(35)18-10-13-9-17(13)32(18)19(33)12-31-16-7-3-2-6-15(16)20(30-31)21(28)34/h2-3,6-7,13-14,17-18H,4-5,8-12H2,1H3,(H2,28,34)(H,29,35)/t13-,14?,17-,18+,23?/m1/s1. The lowest BCUT2D eigenvalue weighted by molar-refractivity contribution is -0.281. The molecule has 3 aliphatic rings. The SMILES string of the molecule is COC1(C(F)(F)F)CCCC(NC(=O)[C@@H]2C[C@H]3C[C@H]3N2C(=O)Cn2nc(C(N)=O)c3ccccc32)C1. The summed E-state index contributed by atoms with van der Waals surface area (Å²) in [5, 5.41) is 7.52. The number of alkyl halides is 3. The van der Waals surface area contributed by atoms with Crippen LogP contribution in [0.5, 0.6) is 0 Å². The van der Waals surface area contributed by atoms with Gasteiger partial charge in [0, 0.05) is 31.0 Å². The molecule has 9 nitrogen and oxygen atoms in total. The lowest BCUT2D eigenvalue weighted by Gasteiger charge is -2.41. The van der Waals surface area contributed by atoms with Crippen molar-refractivity contribution in [2.45, 2.75) is 75.0 Å². The van der Waals surface area contributed by atoms with Crippen molar-refractivity contribution in [2.24, 2.45) is 11.7 Å². The summed E-state index contributed by atoms with van der Waals surface area (Å²) in [5.74, 6) is -1.30. The van der Waals surface area contributed by atoms with Gasteiger partial charge in [-0.05, 0) is 44.1 Å². The Morgan fingerprint density at radius 1 is 1.25 bits per heavy atom. The number of aromatic nitrogens is 2. The molecule has 2 saturated carbocycles. The van der Waals surface area contributed by atoms with E-state index >= 15 is 0 Å². The van der Waals surface area contributed by atoms with Crippen LogP contribution in [0.3, 0.4) is 0 Å². The number of likely N-dealkylation sites (tertiary alicyclic amines) is 1. The first-order valence-corrected chi connectivity index (χ1v) is 12.0. The Hall–Kier alpha value is -3.15. The van der Waals surface area contributed by atoms with Crippen LogP contribution in [0.15, 0.2) is 24.3 Å². The molecule has 2 unspecified atom stereocenters. The molecule has 0 spiro atoms. The molecule has 1 aromatic heterocycles. The maximum absolute atomic E-state index is 13.7. The third-order valence-corrected chi connectivity index (χ3v) is 7.83. The highest BCUT2D eigenvalue weighted by Gasteiger charge is 2.59. The average molecular weight is 508 g/mol. The molecule has 5 atom stereocenters. The van der Waals surface area contributed by atoms with E-state index in [4.69, 9.17) is 10.5 Å². The number of rotatable bonds is 6. The number of nitrogens with zero attached hydrogens (tertiary/aromatic N) is 3. The van der Waals surface area contributed by atoms with E-state index in [1.165, 1.54) is 9.58 Å². The number of para-hydroxylation sites is 1. The highest BCUT2D eigenvalue weighted by molar-refractivity contribution is 6.04. The molecule has 1 aromatic carbocycles. The number of hydrogen-bond donors (Lipinski definition) is 2. The van der Waals surface area contributed by atoms with Crippen LogP contribution in [-0.2, 0) is 20.9 Å². The van der Waals surface area contributed by atoms with Crippen molar-refractivity contribution in [1.29, 1.82) is 0 Å². The van der Waals surface area contributed by atoms with Crippen molar-refractivity contribution >= 4 is 28.6 Å². The molecule has 194 valence electrons. The van der Waals surface area contributed by atoms with Gasteiger partial charge in [-0.3, -0.25) is 19.1 Å². The van der Waals surface area contributed by atoms with Gasteiger partial charge in [-0.1, -0.05) is 18.2 Å². The second-order valence-corrected chi connectivity index (χ2v) is 10.0. The summed E-state index contributed by atoms with van der Waals surface area (Å²) in [6.45, 7) is -0.189. The van der Waals surface area contributed by atoms with Gasteiger partial charge >= 0.3 is 6.18 Å². The zero-order valence-corrected chi connectivity index (χ0v) is 19.8. The molecule has 5 rings (SSSR count). The topological polar surface area (TPSA) is 120 Å². The Labute approximate surface area is 205 Å². The summed E-state index contributed by atoms with van der Waals surface area (Å²) in [5.41, 5.74) is 3.78. The monoisotopic (exact) mass is 507 g/mol. The number of halogens is 3. The Balaban J connectivity index is 1.31. The molecule has 3 amide bonds. The van der Waals surface area contributed by atoms with E-state index < -0.39 is 35.7 Å². The molecule has 3 N–H and O–H groups in total. The van der Waals surface area contributed by atoms with Gasteiger partial charge in [0.2, 0.25) is 11.8 Å².